The van der Waals surface area contributed by atoms with E-state index in [0.29, 0.717) is 36.3 Å². The number of amides is 1. The first-order chi connectivity index (χ1) is 15.2. The van der Waals surface area contributed by atoms with Crippen LogP contribution in [0.3, 0.4) is 0 Å². The Balaban J connectivity index is 1.30. The zero-order chi connectivity index (χ0) is 21.2. The van der Waals surface area contributed by atoms with Crippen LogP contribution in [0.4, 0.5) is 0 Å². The number of thiophene rings is 1. The van der Waals surface area contributed by atoms with Crippen LogP contribution < -0.4 is 4.74 Å². The van der Waals surface area contributed by atoms with Crippen molar-refractivity contribution >= 4 is 17.2 Å². The predicted octanol–water partition coefficient (Wildman–Crippen LogP) is 4.22. The third-order valence-electron chi connectivity index (χ3n) is 5.44. The largest absolute Gasteiger partial charge is 0.497 e. The SMILES string of the molecule is COc1cccc(-c2cc(C(=O)N3CCC[C@H](c4nnc(-c5ccsc5)o4)C3)[nH]n2)c1. The molecule has 31 heavy (non-hydrogen) atoms. The topological polar surface area (TPSA) is 97.1 Å². The summed E-state index contributed by atoms with van der Waals surface area (Å²) in [4.78, 5) is 14.9. The molecule has 1 N–H and O–H groups in total. The maximum atomic E-state index is 13.1. The number of nitrogens with zero attached hydrogens (tertiary/aromatic N) is 4. The van der Waals surface area contributed by atoms with Crippen molar-refractivity contribution in [2.45, 2.75) is 18.8 Å². The van der Waals surface area contributed by atoms with E-state index < -0.39 is 0 Å². The number of carbonyl (C=O) groups is 1. The molecule has 0 radical (unpaired) electrons. The van der Waals surface area contributed by atoms with Crippen LogP contribution in [-0.4, -0.2) is 51.4 Å². The fourth-order valence-corrected chi connectivity index (χ4v) is 4.43. The van der Waals surface area contributed by atoms with E-state index in [1.807, 2.05) is 46.0 Å². The fourth-order valence-electron chi connectivity index (χ4n) is 3.80. The summed E-state index contributed by atoms with van der Waals surface area (Å²) in [7, 11) is 1.62. The second-order valence-corrected chi connectivity index (χ2v) is 8.23. The molecule has 1 atom stereocenters. The fraction of sp³-hybridized carbons (Fsp3) is 0.273. The van der Waals surface area contributed by atoms with Gasteiger partial charge in [-0.25, -0.2) is 0 Å². The Morgan fingerprint density at radius 1 is 1.26 bits per heavy atom. The Morgan fingerprint density at radius 3 is 3.03 bits per heavy atom. The van der Waals surface area contributed by atoms with Crippen LogP contribution >= 0.6 is 11.3 Å². The summed E-state index contributed by atoms with van der Waals surface area (Å²) >= 11 is 1.59. The predicted molar refractivity (Wildman–Crippen MR) is 116 cm³/mol. The van der Waals surface area contributed by atoms with Gasteiger partial charge in [0.25, 0.3) is 5.91 Å². The number of benzene rings is 1. The molecule has 0 unspecified atom stereocenters. The lowest BCUT2D eigenvalue weighted by Crippen LogP contribution is -2.39. The molecular weight excluding hydrogens is 414 g/mol. The number of aromatic nitrogens is 4. The van der Waals surface area contributed by atoms with Gasteiger partial charge in [0, 0.05) is 29.6 Å². The molecule has 4 aromatic rings. The second kappa shape index (κ2) is 8.35. The van der Waals surface area contributed by atoms with Crippen LogP contribution in [0.5, 0.6) is 5.75 Å². The number of rotatable bonds is 5. The van der Waals surface area contributed by atoms with Gasteiger partial charge in [0.15, 0.2) is 0 Å². The summed E-state index contributed by atoms with van der Waals surface area (Å²) in [5, 5.41) is 19.6. The Morgan fingerprint density at radius 2 is 2.19 bits per heavy atom. The Hall–Kier alpha value is -3.46. The Labute approximate surface area is 182 Å². The number of piperidine rings is 1. The molecule has 1 amide bonds. The van der Waals surface area contributed by atoms with E-state index in [2.05, 4.69) is 20.4 Å². The molecule has 5 rings (SSSR count). The van der Waals surface area contributed by atoms with Crippen molar-refractivity contribution in [1.29, 1.82) is 0 Å². The minimum absolute atomic E-state index is 0.0263. The van der Waals surface area contributed by atoms with Gasteiger partial charge in [0.1, 0.15) is 11.4 Å². The first kappa shape index (κ1) is 19.5. The van der Waals surface area contributed by atoms with Crippen molar-refractivity contribution in [3.05, 3.63) is 58.7 Å². The monoisotopic (exact) mass is 435 g/mol. The molecule has 1 saturated heterocycles. The number of hydrogen-bond donors (Lipinski definition) is 1. The summed E-state index contributed by atoms with van der Waals surface area (Å²) < 4.78 is 11.2. The summed E-state index contributed by atoms with van der Waals surface area (Å²) in [6.45, 7) is 1.23. The van der Waals surface area contributed by atoms with Crippen LogP contribution in [0.1, 0.15) is 35.1 Å². The third kappa shape index (κ3) is 3.96. The van der Waals surface area contributed by atoms with Gasteiger partial charge in [0.2, 0.25) is 11.8 Å². The first-order valence-electron chi connectivity index (χ1n) is 10.1. The molecule has 1 aliphatic heterocycles. The third-order valence-corrected chi connectivity index (χ3v) is 6.12. The molecule has 1 fully saturated rings. The van der Waals surface area contributed by atoms with E-state index in [9.17, 15) is 4.79 Å². The lowest BCUT2D eigenvalue weighted by Gasteiger charge is -2.30. The molecule has 8 nitrogen and oxygen atoms in total. The van der Waals surface area contributed by atoms with E-state index in [1.54, 1.807) is 24.5 Å². The Kier molecular flexibility index (Phi) is 5.25. The minimum Gasteiger partial charge on any atom is -0.497 e. The van der Waals surface area contributed by atoms with Crippen molar-refractivity contribution in [3.63, 3.8) is 0 Å². The van der Waals surface area contributed by atoms with Crippen LogP contribution in [0.15, 0.2) is 51.6 Å². The average molecular weight is 436 g/mol. The van der Waals surface area contributed by atoms with Gasteiger partial charge in [-0.3, -0.25) is 9.89 Å². The molecule has 9 heteroatoms. The summed E-state index contributed by atoms with van der Waals surface area (Å²) in [5.41, 5.74) is 2.98. The van der Waals surface area contributed by atoms with Gasteiger partial charge in [0.05, 0.1) is 18.7 Å². The number of aromatic amines is 1. The molecule has 1 aromatic carbocycles. The zero-order valence-corrected chi connectivity index (χ0v) is 17.8. The van der Waals surface area contributed by atoms with Crippen LogP contribution in [0, 0.1) is 0 Å². The molecule has 1 aliphatic rings. The second-order valence-electron chi connectivity index (χ2n) is 7.45. The molecule has 0 spiro atoms. The van der Waals surface area contributed by atoms with Gasteiger partial charge in [-0.2, -0.15) is 16.4 Å². The number of H-pyrrole nitrogens is 1. The van der Waals surface area contributed by atoms with Crippen molar-refractivity contribution in [3.8, 4) is 28.5 Å². The average Bonchev–Trinajstić information content (AvgIpc) is 3.59. The highest BCUT2D eigenvalue weighted by Crippen LogP contribution is 2.30. The van der Waals surface area contributed by atoms with E-state index in [0.717, 1.165) is 29.7 Å². The minimum atomic E-state index is -0.0797. The van der Waals surface area contributed by atoms with Gasteiger partial charge >= 0.3 is 0 Å². The summed E-state index contributed by atoms with van der Waals surface area (Å²) in [6, 6.07) is 11.3. The summed E-state index contributed by atoms with van der Waals surface area (Å²) in [6.07, 6.45) is 1.79. The standard InChI is InChI=1S/C22H21N5O3S/c1-29-17-6-2-4-14(10-17)18-11-19(24-23-18)22(28)27-8-3-5-15(12-27)20-25-26-21(30-20)16-7-9-31-13-16/h2,4,6-7,9-11,13,15H,3,5,8,12H2,1H3,(H,23,24)/t15-/m0/s1. The van der Waals surface area contributed by atoms with Crippen molar-refractivity contribution < 1.29 is 13.9 Å². The number of ether oxygens (including phenoxy) is 1. The molecule has 158 valence electrons. The molecule has 0 aliphatic carbocycles. The van der Waals surface area contributed by atoms with E-state index in [4.69, 9.17) is 9.15 Å². The maximum absolute atomic E-state index is 13.1. The number of hydrogen-bond acceptors (Lipinski definition) is 7. The van der Waals surface area contributed by atoms with Gasteiger partial charge in [-0.05, 0) is 42.5 Å². The van der Waals surface area contributed by atoms with Crippen LogP contribution in [0.2, 0.25) is 0 Å². The highest BCUT2D eigenvalue weighted by Gasteiger charge is 2.30. The maximum Gasteiger partial charge on any atom is 0.271 e. The first-order valence-corrected chi connectivity index (χ1v) is 11.0. The lowest BCUT2D eigenvalue weighted by atomic mass is 9.97. The number of methoxy groups -OCH3 is 1. The van der Waals surface area contributed by atoms with Crippen molar-refractivity contribution in [2.75, 3.05) is 20.2 Å². The van der Waals surface area contributed by atoms with E-state index in [1.165, 1.54) is 0 Å². The van der Waals surface area contributed by atoms with Crippen LogP contribution in [-0.2, 0) is 0 Å². The number of nitrogens with one attached hydrogen (secondary N) is 1. The highest BCUT2D eigenvalue weighted by molar-refractivity contribution is 7.08. The van der Waals surface area contributed by atoms with Crippen molar-refractivity contribution in [2.24, 2.45) is 0 Å². The Bertz CT molecular complexity index is 1180. The van der Waals surface area contributed by atoms with E-state index in [-0.39, 0.29) is 11.8 Å². The normalized spacial score (nSPS) is 16.4. The summed E-state index contributed by atoms with van der Waals surface area (Å²) in [5.74, 6) is 1.80. The molecule has 0 saturated carbocycles. The molecule has 3 aromatic heterocycles. The quantitative estimate of drug-likeness (QED) is 0.504. The number of likely N-dealkylation sites (tertiary alicyclic amines) is 1. The van der Waals surface area contributed by atoms with E-state index >= 15 is 0 Å². The molecular formula is C22H21N5O3S. The smallest absolute Gasteiger partial charge is 0.271 e. The lowest BCUT2D eigenvalue weighted by molar-refractivity contribution is 0.0692. The number of carbonyl (C=O) groups excluding carboxylic acids is 1. The highest BCUT2D eigenvalue weighted by atomic mass is 32.1. The van der Waals surface area contributed by atoms with Gasteiger partial charge < -0.3 is 14.1 Å². The van der Waals surface area contributed by atoms with Gasteiger partial charge in [-0.15, -0.1) is 10.2 Å². The molecule has 4 heterocycles. The zero-order valence-electron chi connectivity index (χ0n) is 16.9. The molecule has 0 bridgehead atoms. The van der Waals surface area contributed by atoms with Crippen molar-refractivity contribution in [1.82, 2.24) is 25.3 Å². The van der Waals surface area contributed by atoms with Crippen LogP contribution in [0.25, 0.3) is 22.7 Å². The van der Waals surface area contributed by atoms with Gasteiger partial charge in [-0.1, -0.05) is 12.1 Å².